The zero-order valence-corrected chi connectivity index (χ0v) is 12.5. The molecule has 0 saturated carbocycles. The zero-order valence-electron chi connectivity index (χ0n) is 8.15. The Morgan fingerprint density at radius 3 is 1.50 bits per heavy atom. The third-order valence-corrected chi connectivity index (χ3v) is 8.07. The van der Waals surface area contributed by atoms with Gasteiger partial charge in [0.05, 0.1) is 0 Å². The van der Waals surface area contributed by atoms with E-state index in [1.54, 1.807) is 12.1 Å². The Morgan fingerprint density at radius 1 is 1.00 bits per heavy atom. The highest BCUT2D eigenvalue weighted by atomic mass is 28.3. The molecule has 0 rings (SSSR count). The van der Waals surface area contributed by atoms with Gasteiger partial charge in [-0.2, -0.15) is 0 Å². The summed E-state index contributed by atoms with van der Waals surface area (Å²) in [6.45, 7) is 9.92. The molecule has 0 bridgehead atoms. The van der Waals surface area contributed by atoms with E-state index < -0.39 is 0 Å². The van der Waals surface area contributed by atoms with Crippen LogP contribution >= 0.6 is 0 Å². The van der Waals surface area contributed by atoms with E-state index in [-0.39, 0.29) is 17.6 Å². The van der Waals surface area contributed by atoms with Crippen LogP contribution in [0.1, 0.15) is 0 Å². The molecule has 0 saturated heterocycles. The largest absolute Gasteiger partial charge is 0.0722 e. The van der Waals surface area contributed by atoms with Gasteiger partial charge in [-0.15, -0.1) is 0 Å². The van der Waals surface area contributed by atoms with Crippen molar-refractivity contribution in [2.24, 2.45) is 0 Å². The van der Waals surface area contributed by atoms with Crippen LogP contribution in [0.15, 0.2) is 0 Å². The van der Waals surface area contributed by atoms with E-state index in [2.05, 4.69) is 26.2 Å². The highest BCUT2D eigenvalue weighted by Crippen LogP contribution is 2.17. The highest BCUT2D eigenvalue weighted by Gasteiger charge is 2.07. The fourth-order valence-electron chi connectivity index (χ4n) is 1.71. The molecule has 0 heterocycles. The smallest absolute Gasteiger partial charge is 0.0305 e. The van der Waals surface area contributed by atoms with Gasteiger partial charge in [-0.3, -0.25) is 0 Å². The second-order valence-electron chi connectivity index (χ2n) is 4.36. The third kappa shape index (κ3) is 6.77. The highest BCUT2D eigenvalue weighted by molar-refractivity contribution is 6.59. The first-order valence-electron chi connectivity index (χ1n) is 4.52. The molecule has 0 unspecified atom stereocenters. The standard InChI is InChI=1S/C7H22Si3/c1-9(2)5-7(8)6-10(3)4/h7,9-10H,5-6H2,1-4,8H3. The fraction of sp³-hybridized carbons (Fsp3) is 1.00. The van der Waals surface area contributed by atoms with Gasteiger partial charge in [-0.25, -0.2) is 0 Å². The quantitative estimate of drug-likeness (QED) is 0.583. The molecule has 0 aromatic heterocycles. The summed E-state index contributed by atoms with van der Waals surface area (Å²) in [5.41, 5.74) is 1.18. The second-order valence-corrected chi connectivity index (χ2v) is 12.5. The monoisotopic (exact) mass is 190 g/mol. The third-order valence-electron chi connectivity index (χ3n) is 1.75. The van der Waals surface area contributed by atoms with Crippen molar-refractivity contribution in [1.29, 1.82) is 0 Å². The van der Waals surface area contributed by atoms with Crippen molar-refractivity contribution in [3.8, 4) is 0 Å². The molecule has 0 aromatic rings. The van der Waals surface area contributed by atoms with Gasteiger partial charge in [0.15, 0.2) is 0 Å². The molecule has 0 nitrogen and oxygen atoms in total. The molecule has 3 heteroatoms. The van der Waals surface area contributed by atoms with Crippen molar-refractivity contribution in [1.82, 2.24) is 0 Å². The summed E-state index contributed by atoms with van der Waals surface area (Å²) < 4.78 is 0. The van der Waals surface area contributed by atoms with Crippen molar-refractivity contribution in [3.63, 3.8) is 0 Å². The molecule has 0 radical (unpaired) electrons. The normalized spacial score (nSPS) is 12.3. The van der Waals surface area contributed by atoms with Gasteiger partial charge >= 0.3 is 0 Å². The molecule has 10 heavy (non-hydrogen) atoms. The summed E-state index contributed by atoms with van der Waals surface area (Å²) in [6.07, 6.45) is 0. The topological polar surface area (TPSA) is 0 Å². The van der Waals surface area contributed by atoms with Crippen LogP contribution in [0.2, 0.25) is 43.8 Å². The Balaban J connectivity index is 3.34. The lowest BCUT2D eigenvalue weighted by Crippen LogP contribution is -2.10. The van der Waals surface area contributed by atoms with Crippen molar-refractivity contribution in [3.05, 3.63) is 0 Å². The molecule has 0 aliphatic rings. The van der Waals surface area contributed by atoms with Crippen LogP contribution in [-0.2, 0) is 0 Å². The molecule has 0 N–H and O–H groups in total. The van der Waals surface area contributed by atoms with Crippen LogP contribution in [0.3, 0.4) is 0 Å². The summed E-state index contributed by atoms with van der Waals surface area (Å²) in [6, 6.07) is 3.24. The van der Waals surface area contributed by atoms with Gasteiger partial charge in [0, 0.05) is 27.8 Å². The van der Waals surface area contributed by atoms with Gasteiger partial charge in [0.1, 0.15) is 0 Å². The van der Waals surface area contributed by atoms with E-state index in [1.807, 2.05) is 0 Å². The van der Waals surface area contributed by atoms with Gasteiger partial charge in [0.25, 0.3) is 0 Å². The summed E-state index contributed by atoms with van der Waals surface area (Å²) in [5.74, 6) is 0. The zero-order chi connectivity index (χ0) is 8.15. The van der Waals surface area contributed by atoms with Gasteiger partial charge in [-0.1, -0.05) is 43.8 Å². The minimum atomic E-state index is -0.230. The summed E-state index contributed by atoms with van der Waals surface area (Å²) >= 11 is 0. The van der Waals surface area contributed by atoms with E-state index in [0.717, 1.165) is 0 Å². The first-order valence-corrected chi connectivity index (χ1v) is 11.9. The average molecular weight is 191 g/mol. The molecule has 0 atom stereocenters. The van der Waals surface area contributed by atoms with E-state index in [9.17, 15) is 0 Å². The molecular formula is C7H22Si3. The molecule has 0 fully saturated rings. The van der Waals surface area contributed by atoms with Crippen molar-refractivity contribution in [2.75, 3.05) is 0 Å². The lowest BCUT2D eigenvalue weighted by Gasteiger charge is -2.14. The second kappa shape index (κ2) is 5.32. The van der Waals surface area contributed by atoms with Crippen LogP contribution in [0.25, 0.3) is 0 Å². The van der Waals surface area contributed by atoms with Crippen molar-refractivity contribution >= 4 is 27.8 Å². The van der Waals surface area contributed by atoms with Gasteiger partial charge in [-0.05, 0) is 0 Å². The lowest BCUT2D eigenvalue weighted by molar-refractivity contribution is 1.03. The Bertz CT molecular complexity index is 70.9. The van der Waals surface area contributed by atoms with Crippen molar-refractivity contribution in [2.45, 2.75) is 43.8 Å². The van der Waals surface area contributed by atoms with Crippen molar-refractivity contribution < 1.29 is 0 Å². The minimum Gasteiger partial charge on any atom is -0.0722 e. The maximum absolute atomic E-state index is 2.48. The van der Waals surface area contributed by atoms with Crippen LogP contribution < -0.4 is 0 Å². The molecule has 0 aliphatic heterocycles. The summed E-state index contributed by atoms with van der Waals surface area (Å²) in [7, 11) is 0.994. The van der Waals surface area contributed by atoms with Gasteiger partial charge in [0.2, 0.25) is 0 Å². The maximum Gasteiger partial charge on any atom is 0.0305 e. The van der Waals surface area contributed by atoms with E-state index in [1.165, 1.54) is 15.8 Å². The first kappa shape index (κ1) is 10.7. The van der Waals surface area contributed by atoms with Crippen LogP contribution in [0.4, 0.5) is 0 Å². The average Bonchev–Trinajstić information content (AvgIpc) is 1.58. The predicted octanol–water partition coefficient (Wildman–Crippen LogP) is 1.11. The van der Waals surface area contributed by atoms with E-state index in [4.69, 9.17) is 0 Å². The predicted molar refractivity (Wildman–Crippen MR) is 61.1 cm³/mol. The molecule has 0 amide bonds. The molecule has 0 spiro atoms. The molecule has 0 aliphatic carbocycles. The van der Waals surface area contributed by atoms with Crippen LogP contribution in [-0.4, -0.2) is 27.8 Å². The SMILES string of the molecule is C[SiH](C)CC([SiH3])C[SiH](C)C. The fourth-order valence-corrected chi connectivity index (χ4v) is 11.4. The molecular weight excluding hydrogens is 168 g/mol. The summed E-state index contributed by atoms with van der Waals surface area (Å²) in [5, 5.41) is 0. The van der Waals surface area contributed by atoms with Crippen LogP contribution in [0, 0.1) is 0 Å². The first-order chi connectivity index (χ1) is 4.52. The summed E-state index contributed by atoms with van der Waals surface area (Å²) in [4.78, 5) is 0. The Labute approximate surface area is 72.1 Å². The molecule has 62 valence electrons. The number of hydrogen-bond acceptors (Lipinski definition) is 0. The Hall–Kier alpha value is 0.651. The Kier molecular flexibility index (Phi) is 5.67. The number of rotatable bonds is 4. The Morgan fingerprint density at radius 2 is 1.30 bits per heavy atom. The van der Waals surface area contributed by atoms with Gasteiger partial charge < -0.3 is 0 Å². The minimum absolute atomic E-state index is 0.230. The van der Waals surface area contributed by atoms with Crippen LogP contribution in [0.5, 0.6) is 0 Å². The maximum atomic E-state index is 2.48. The van der Waals surface area contributed by atoms with E-state index >= 15 is 0 Å². The molecule has 0 aromatic carbocycles. The lowest BCUT2D eigenvalue weighted by atomic mass is 10.5. The number of hydrogen-bond donors (Lipinski definition) is 0. The van der Waals surface area contributed by atoms with E-state index in [0.29, 0.717) is 0 Å².